The Morgan fingerprint density at radius 3 is 2.53 bits per heavy atom. The van der Waals surface area contributed by atoms with Gasteiger partial charge in [-0.1, -0.05) is 46.3 Å². The summed E-state index contributed by atoms with van der Waals surface area (Å²) < 4.78 is 26.6. The molecule has 1 aromatic heterocycles. The molecule has 0 fully saturated rings. The van der Waals surface area contributed by atoms with Gasteiger partial charge in [0.1, 0.15) is 4.90 Å². The number of hydrogen-bond acceptors (Lipinski definition) is 3. The van der Waals surface area contributed by atoms with E-state index in [-0.39, 0.29) is 16.3 Å². The van der Waals surface area contributed by atoms with Crippen LogP contribution in [-0.4, -0.2) is 19.9 Å². The minimum Gasteiger partial charge on any atom is -0.263 e. The van der Waals surface area contributed by atoms with Crippen LogP contribution in [0, 0.1) is 0 Å². The van der Waals surface area contributed by atoms with Crippen molar-refractivity contribution in [3.8, 4) is 0 Å². The molecule has 1 N–H and O–H groups in total. The summed E-state index contributed by atoms with van der Waals surface area (Å²) in [5.74, 6) is 0. The summed E-state index contributed by atoms with van der Waals surface area (Å²) in [6, 6.07) is 12.7. The maximum Gasteiger partial charge on any atom is 0.242 e. The second-order valence-electron chi connectivity index (χ2n) is 3.92. The summed E-state index contributed by atoms with van der Waals surface area (Å²) >= 11 is 3.47. The van der Waals surface area contributed by atoms with Crippen molar-refractivity contribution in [2.45, 2.75) is 9.72 Å². The van der Waals surface area contributed by atoms with Gasteiger partial charge in [0.05, 0.1) is 4.83 Å². The fraction of sp³-hybridized carbons (Fsp3) is 0.154. The molecule has 4 nitrogen and oxygen atoms in total. The van der Waals surface area contributed by atoms with Crippen LogP contribution in [0.3, 0.4) is 0 Å². The summed E-state index contributed by atoms with van der Waals surface area (Å²) in [6.45, 7) is 0.279. The Bertz CT molecular complexity index is 618. The van der Waals surface area contributed by atoms with Crippen molar-refractivity contribution in [1.82, 2.24) is 9.71 Å². The van der Waals surface area contributed by atoms with Gasteiger partial charge in [-0.2, -0.15) is 0 Å². The van der Waals surface area contributed by atoms with Crippen LogP contribution >= 0.6 is 15.9 Å². The highest BCUT2D eigenvalue weighted by molar-refractivity contribution is 9.09. The molecule has 100 valence electrons. The van der Waals surface area contributed by atoms with E-state index in [1.54, 1.807) is 6.07 Å². The maximum absolute atomic E-state index is 12.0. The van der Waals surface area contributed by atoms with E-state index in [0.717, 1.165) is 5.56 Å². The Hall–Kier alpha value is -1.24. The number of pyridine rings is 1. The fourth-order valence-electron chi connectivity index (χ4n) is 1.55. The van der Waals surface area contributed by atoms with E-state index in [2.05, 4.69) is 25.6 Å². The number of sulfonamides is 1. The first kappa shape index (κ1) is 14.2. The normalized spacial score (nSPS) is 13.1. The van der Waals surface area contributed by atoms with Crippen LogP contribution in [0.1, 0.15) is 10.4 Å². The minimum atomic E-state index is -3.51. The zero-order valence-electron chi connectivity index (χ0n) is 10.0. The molecular formula is C13H13BrN2O2S. The number of rotatable bonds is 5. The van der Waals surface area contributed by atoms with E-state index < -0.39 is 10.0 Å². The monoisotopic (exact) mass is 340 g/mol. The zero-order chi connectivity index (χ0) is 13.7. The Balaban J connectivity index is 2.03. The van der Waals surface area contributed by atoms with E-state index in [9.17, 15) is 8.42 Å². The van der Waals surface area contributed by atoms with E-state index in [4.69, 9.17) is 0 Å². The first-order valence-corrected chi connectivity index (χ1v) is 8.08. The molecule has 0 radical (unpaired) electrons. The number of halogens is 1. The smallest absolute Gasteiger partial charge is 0.242 e. The van der Waals surface area contributed by atoms with E-state index >= 15 is 0 Å². The lowest BCUT2D eigenvalue weighted by Crippen LogP contribution is -2.27. The highest BCUT2D eigenvalue weighted by Crippen LogP contribution is 2.21. The number of nitrogens with zero attached hydrogens (tertiary/aromatic N) is 1. The summed E-state index contributed by atoms with van der Waals surface area (Å²) in [5.41, 5.74) is 1.02. The SMILES string of the molecule is O=S(=O)(NCC(Br)c1ccccc1)c1cccnc1. The summed E-state index contributed by atoms with van der Waals surface area (Å²) in [5, 5.41) is 0. The highest BCUT2D eigenvalue weighted by atomic mass is 79.9. The van der Waals surface area contributed by atoms with Gasteiger partial charge in [-0.25, -0.2) is 13.1 Å². The van der Waals surface area contributed by atoms with Crippen molar-refractivity contribution < 1.29 is 8.42 Å². The quantitative estimate of drug-likeness (QED) is 0.850. The van der Waals surface area contributed by atoms with Gasteiger partial charge < -0.3 is 0 Å². The van der Waals surface area contributed by atoms with Crippen molar-refractivity contribution >= 4 is 26.0 Å². The van der Waals surface area contributed by atoms with E-state index in [1.165, 1.54) is 18.5 Å². The summed E-state index contributed by atoms with van der Waals surface area (Å²) in [7, 11) is -3.51. The highest BCUT2D eigenvalue weighted by Gasteiger charge is 2.16. The second kappa shape index (κ2) is 6.27. The van der Waals surface area contributed by atoms with Gasteiger partial charge in [0.25, 0.3) is 0 Å². The lowest BCUT2D eigenvalue weighted by atomic mass is 10.2. The zero-order valence-corrected chi connectivity index (χ0v) is 12.4. The molecule has 6 heteroatoms. The number of aromatic nitrogens is 1. The van der Waals surface area contributed by atoms with Gasteiger partial charge in [-0.3, -0.25) is 4.98 Å². The topological polar surface area (TPSA) is 59.1 Å². The third kappa shape index (κ3) is 3.86. The molecule has 0 aliphatic heterocycles. The third-order valence-corrected chi connectivity index (χ3v) is 4.82. The van der Waals surface area contributed by atoms with Gasteiger partial charge in [-0.15, -0.1) is 0 Å². The van der Waals surface area contributed by atoms with Gasteiger partial charge in [-0.05, 0) is 17.7 Å². The molecule has 0 aliphatic rings. The first-order valence-electron chi connectivity index (χ1n) is 5.68. The summed E-state index contributed by atoms with van der Waals surface area (Å²) in [6.07, 6.45) is 2.87. The predicted octanol–water partition coefficient (Wildman–Crippen LogP) is 2.50. The summed E-state index contributed by atoms with van der Waals surface area (Å²) in [4.78, 5) is 3.91. The molecule has 0 bridgehead atoms. The molecular weight excluding hydrogens is 328 g/mol. The third-order valence-electron chi connectivity index (χ3n) is 2.56. The number of benzene rings is 1. The van der Waals surface area contributed by atoms with Crippen LogP contribution in [0.4, 0.5) is 0 Å². The van der Waals surface area contributed by atoms with Gasteiger partial charge in [0, 0.05) is 18.9 Å². The molecule has 0 aliphatic carbocycles. The average molecular weight is 341 g/mol. The Morgan fingerprint density at radius 2 is 1.89 bits per heavy atom. The lowest BCUT2D eigenvalue weighted by Gasteiger charge is -2.11. The number of nitrogens with one attached hydrogen (secondary N) is 1. The largest absolute Gasteiger partial charge is 0.263 e. The van der Waals surface area contributed by atoms with Crippen LogP contribution in [0.25, 0.3) is 0 Å². The molecule has 0 amide bonds. The van der Waals surface area contributed by atoms with Gasteiger partial charge >= 0.3 is 0 Å². The maximum atomic E-state index is 12.0. The van der Waals surface area contributed by atoms with E-state index in [0.29, 0.717) is 0 Å². The molecule has 1 unspecified atom stereocenters. The molecule has 1 heterocycles. The molecule has 2 rings (SSSR count). The molecule has 19 heavy (non-hydrogen) atoms. The number of alkyl halides is 1. The Kier molecular flexibility index (Phi) is 4.68. The van der Waals surface area contributed by atoms with Crippen molar-refractivity contribution in [3.63, 3.8) is 0 Å². The fourth-order valence-corrected chi connectivity index (χ4v) is 3.24. The number of hydrogen-bond donors (Lipinski definition) is 1. The van der Waals surface area contributed by atoms with Crippen LogP contribution in [0.15, 0.2) is 59.8 Å². The van der Waals surface area contributed by atoms with Crippen molar-refractivity contribution in [1.29, 1.82) is 0 Å². The van der Waals surface area contributed by atoms with Crippen molar-refractivity contribution in [2.24, 2.45) is 0 Å². The van der Waals surface area contributed by atoms with Crippen LogP contribution in [-0.2, 0) is 10.0 Å². The molecule has 0 spiro atoms. The first-order chi connectivity index (χ1) is 9.09. The second-order valence-corrected chi connectivity index (χ2v) is 6.79. The Morgan fingerprint density at radius 1 is 1.16 bits per heavy atom. The molecule has 0 saturated carbocycles. The van der Waals surface area contributed by atoms with Crippen LogP contribution in [0.5, 0.6) is 0 Å². The minimum absolute atomic E-state index is 0.0693. The predicted molar refractivity (Wildman–Crippen MR) is 77.5 cm³/mol. The van der Waals surface area contributed by atoms with Crippen molar-refractivity contribution in [3.05, 3.63) is 60.4 Å². The van der Waals surface area contributed by atoms with Gasteiger partial charge in [0.2, 0.25) is 10.0 Å². The Labute approximate surface area is 121 Å². The molecule has 1 atom stereocenters. The van der Waals surface area contributed by atoms with Crippen LogP contribution in [0.2, 0.25) is 0 Å². The van der Waals surface area contributed by atoms with Gasteiger partial charge in [0.15, 0.2) is 0 Å². The van der Waals surface area contributed by atoms with Crippen molar-refractivity contribution in [2.75, 3.05) is 6.54 Å². The molecule has 2 aromatic rings. The standard InChI is InChI=1S/C13H13BrN2O2S/c14-13(11-5-2-1-3-6-11)10-16-19(17,18)12-7-4-8-15-9-12/h1-9,13,16H,10H2. The lowest BCUT2D eigenvalue weighted by molar-refractivity contribution is 0.581. The average Bonchev–Trinajstić information content (AvgIpc) is 2.47. The molecule has 0 saturated heterocycles. The van der Waals surface area contributed by atoms with Crippen LogP contribution < -0.4 is 4.72 Å². The van der Waals surface area contributed by atoms with E-state index in [1.807, 2.05) is 30.3 Å². The molecule has 1 aromatic carbocycles.